The summed E-state index contributed by atoms with van der Waals surface area (Å²) >= 11 is 12.2. The third-order valence-electron chi connectivity index (χ3n) is 3.95. The van der Waals surface area contributed by atoms with E-state index in [2.05, 4.69) is 10.2 Å². The highest BCUT2D eigenvalue weighted by Crippen LogP contribution is 2.34. The minimum absolute atomic E-state index is 0.522. The normalized spacial score (nSPS) is 31.5. The molecule has 2 bridgehead atoms. The van der Waals surface area contributed by atoms with Crippen LogP contribution in [0.25, 0.3) is 0 Å². The Kier molecular flexibility index (Phi) is 3.20. The fraction of sp³-hybridized carbons (Fsp3) is 0.538. The van der Waals surface area contributed by atoms with Crippen molar-refractivity contribution in [2.75, 3.05) is 25.0 Å². The SMILES string of the molecule is Clc1cccc(NC2CN3CCC2CC3)c1Cl. The molecule has 92 valence electrons. The lowest BCUT2D eigenvalue weighted by Crippen LogP contribution is -2.53. The van der Waals surface area contributed by atoms with Crippen LogP contribution < -0.4 is 5.32 Å². The van der Waals surface area contributed by atoms with Gasteiger partial charge in [-0.2, -0.15) is 0 Å². The summed E-state index contributed by atoms with van der Waals surface area (Å²) < 4.78 is 0. The largest absolute Gasteiger partial charge is 0.379 e. The van der Waals surface area contributed by atoms with Crippen molar-refractivity contribution in [2.24, 2.45) is 5.92 Å². The van der Waals surface area contributed by atoms with E-state index in [0.717, 1.165) is 18.2 Å². The molecule has 4 heteroatoms. The van der Waals surface area contributed by atoms with Gasteiger partial charge in [0.05, 0.1) is 15.7 Å². The average Bonchev–Trinajstić information content (AvgIpc) is 2.36. The Morgan fingerprint density at radius 2 is 1.94 bits per heavy atom. The fourth-order valence-corrected chi connectivity index (χ4v) is 3.30. The molecule has 17 heavy (non-hydrogen) atoms. The van der Waals surface area contributed by atoms with Gasteiger partial charge in [-0.1, -0.05) is 29.3 Å². The number of anilines is 1. The van der Waals surface area contributed by atoms with Gasteiger partial charge in [0.25, 0.3) is 0 Å². The zero-order chi connectivity index (χ0) is 11.8. The standard InChI is InChI=1S/C13H16Cl2N2/c14-10-2-1-3-11(13(10)15)16-12-8-17-6-4-9(12)5-7-17/h1-3,9,12,16H,4-8H2. The second kappa shape index (κ2) is 4.68. The Balaban J connectivity index is 1.76. The molecule has 3 saturated heterocycles. The van der Waals surface area contributed by atoms with Crippen LogP contribution in [0, 0.1) is 5.92 Å². The summed E-state index contributed by atoms with van der Waals surface area (Å²) in [4.78, 5) is 2.52. The molecule has 0 aliphatic carbocycles. The maximum atomic E-state index is 6.21. The van der Waals surface area contributed by atoms with Gasteiger partial charge in [0.2, 0.25) is 0 Å². The summed E-state index contributed by atoms with van der Waals surface area (Å²) in [5.74, 6) is 0.787. The van der Waals surface area contributed by atoms with Crippen LogP contribution in [0.4, 0.5) is 5.69 Å². The van der Waals surface area contributed by atoms with Crippen LogP contribution in [0.3, 0.4) is 0 Å². The van der Waals surface area contributed by atoms with Crippen LogP contribution in [0.2, 0.25) is 10.0 Å². The molecular weight excluding hydrogens is 255 g/mol. The van der Waals surface area contributed by atoms with E-state index < -0.39 is 0 Å². The van der Waals surface area contributed by atoms with Gasteiger partial charge in [0, 0.05) is 12.6 Å². The first-order valence-corrected chi connectivity index (χ1v) is 6.92. The van der Waals surface area contributed by atoms with Crippen molar-refractivity contribution in [1.82, 2.24) is 4.90 Å². The van der Waals surface area contributed by atoms with E-state index in [1.54, 1.807) is 0 Å². The predicted molar refractivity (Wildman–Crippen MR) is 73.0 cm³/mol. The highest BCUT2D eigenvalue weighted by molar-refractivity contribution is 6.43. The van der Waals surface area contributed by atoms with Crippen LogP contribution in [0.5, 0.6) is 0 Å². The summed E-state index contributed by atoms with van der Waals surface area (Å²) in [6, 6.07) is 6.29. The molecule has 0 aromatic heterocycles. The molecule has 3 fully saturated rings. The van der Waals surface area contributed by atoms with Gasteiger partial charge < -0.3 is 10.2 Å². The molecular formula is C13H16Cl2N2. The van der Waals surface area contributed by atoms with E-state index in [-0.39, 0.29) is 0 Å². The Labute approximate surface area is 112 Å². The van der Waals surface area contributed by atoms with Crippen molar-refractivity contribution < 1.29 is 0 Å². The van der Waals surface area contributed by atoms with Crippen molar-refractivity contribution >= 4 is 28.9 Å². The van der Waals surface area contributed by atoms with Crippen LogP contribution >= 0.6 is 23.2 Å². The van der Waals surface area contributed by atoms with Crippen molar-refractivity contribution in [1.29, 1.82) is 0 Å². The van der Waals surface area contributed by atoms with Gasteiger partial charge in [-0.25, -0.2) is 0 Å². The Bertz CT molecular complexity index is 414. The molecule has 1 atom stereocenters. The zero-order valence-electron chi connectivity index (χ0n) is 9.63. The van der Waals surface area contributed by atoms with E-state index in [0.29, 0.717) is 16.1 Å². The molecule has 3 heterocycles. The molecule has 1 N–H and O–H groups in total. The lowest BCUT2D eigenvalue weighted by molar-refractivity contribution is 0.0975. The monoisotopic (exact) mass is 270 g/mol. The second-order valence-corrected chi connectivity index (χ2v) is 5.78. The van der Waals surface area contributed by atoms with Crippen LogP contribution in [-0.4, -0.2) is 30.6 Å². The van der Waals surface area contributed by atoms with Gasteiger partial charge in [-0.15, -0.1) is 0 Å². The maximum Gasteiger partial charge on any atom is 0.0823 e. The van der Waals surface area contributed by atoms with Crippen molar-refractivity contribution in [3.8, 4) is 0 Å². The second-order valence-electron chi connectivity index (χ2n) is 4.99. The predicted octanol–water partition coefficient (Wildman–Crippen LogP) is 3.50. The van der Waals surface area contributed by atoms with Crippen molar-refractivity contribution in [3.05, 3.63) is 28.2 Å². The summed E-state index contributed by atoms with van der Waals surface area (Å²) in [6.45, 7) is 3.64. The minimum atomic E-state index is 0.522. The summed E-state index contributed by atoms with van der Waals surface area (Å²) in [5, 5.41) is 4.83. The first-order chi connectivity index (χ1) is 8.24. The molecule has 0 amide bonds. The van der Waals surface area contributed by atoms with E-state index in [1.165, 1.54) is 25.9 Å². The zero-order valence-corrected chi connectivity index (χ0v) is 11.1. The lowest BCUT2D eigenvalue weighted by atomic mass is 9.84. The number of benzene rings is 1. The molecule has 3 aliphatic rings. The summed E-state index contributed by atoms with van der Waals surface area (Å²) in [7, 11) is 0. The Hall–Kier alpha value is -0.440. The van der Waals surface area contributed by atoms with Gasteiger partial charge in [0.15, 0.2) is 0 Å². The maximum absolute atomic E-state index is 6.21. The molecule has 0 saturated carbocycles. The summed E-state index contributed by atoms with van der Waals surface area (Å²) in [6.07, 6.45) is 2.60. The number of nitrogens with one attached hydrogen (secondary N) is 1. The summed E-state index contributed by atoms with van der Waals surface area (Å²) in [5.41, 5.74) is 0.970. The van der Waals surface area contributed by atoms with Crippen LogP contribution in [0.1, 0.15) is 12.8 Å². The number of hydrogen-bond donors (Lipinski definition) is 1. The topological polar surface area (TPSA) is 15.3 Å². The molecule has 0 radical (unpaired) electrons. The smallest absolute Gasteiger partial charge is 0.0823 e. The fourth-order valence-electron chi connectivity index (χ4n) is 2.94. The van der Waals surface area contributed by atoms with Crippen molar-refractivity contribution in [2.45, 2.75) is 18.9 Å². The number of hydrogen-bond acceptors (Lipinski definition) is 2. The number of piperidine rings is 3. The van der Waals surface area contributed by atoms with E-state index in [1.807, 2.05) is 18.2 Å². The molecule has 0 spiro atoms. The minimum Gasteiger partial charge on any atom is -0.379 e. The number of fused-ring (bicyclic) bond motifs is 3. The van der Waals surface area contributed by atoms with Gasteiger partial charge in [-0.3, -0.25) is 0 Å². The molecule has 4 rings (SSSR count). The van der Waals surface area contributed by atoms with Gasteiger partial charge in [-0.05, 0) is 44.0 Å². The first kappa shape index (κ1) is 11.6. The van der Waals surface area contributed by atoms with E-state index in [9.17, 15) is 0 Å². The molecule has 1 aromatic carbocycles. The van der Waals surface area contributed by atoms with Crippen LogP contribution in [0.15, 0.2) is 18.2 Å². The molecule has 2 nitrogen and oxygen atoms in total. The average molecular weight is 271 g/mol. The number of rotatable bonds is 2. The molecule has 1 aromatic rings. The third-order valence-corrected chi connectivity index (χ3v) is 4.77. The van der Waals surface area contributed by atoms with E-state index >= 15 is 0 Å². The first-order valence-electron chi connectivity index (χ1n) is 6.17. The molecule has 1 unspecified atom stereocenters. The highest BCUT2D eigenvalue weighted by atomic mass is 35.5. The lowest BCUT2D eigenvalue weighted by Gasteiger charge is -2.45. The van der Waals surface area contributed by atoms with Crippen molar-refractivity contribution in [3.63, 3.8) is 0 Å². The van der Waals surface area contributed by atoms with E-state index in [4.69, 9.17) is 23.2 Å². The highest BCUT2D eigenvalue weighted by Gasteiger charge is 2.34. The van der Waals surface area contributed by atoms with Gasteiger partial charge in [0.1, 0.15) is 0 Å². The Morgan fingerprint density at radius 1 is 1.18 bits per heavy atom. The Morgan fingerprint density at radius 3 is 2.59 bits per heavy atom. The number of halogens is 2. The molecule has 3 aliphatic heterocycles. The third kappa shape index (κ3) is 2.26. The number of nitrogens with zero attached hydrogens (tertiary/aromatic N) is 1. The quantitative estimate of drug-likeness (QED) is 0.885. The van der Waals surface area contributed by atoms with Crippen LogP contribution in [-0.2, 0) is 0 Å². The van der Waals surface area contributed by atoms with Gasteiger partial charge >= 0.3 is 0 Å².